The van der Waals surface area contributed by atoms with Crippen LogP contribution in [0.15, 0.2) is 59.8 Å². The van der Waals surface area contributed by atoms with E-state index in [1.807, 2.05) is 19.1 Å². The lowest BCUT2D eigenvalue weighted by atomic mass is 9.79. The van der Waals surface area contributed by atoms with E-state index in [2.05, 4.69) is 33.4 Å². The summed E-state index contributed by atoms with van der Waals surface area (Å²) in [5.41, 5.74) is 0.328. The van der Waals surface area contributed by atoms with Crippen molar-refractivity contribution in [2.75, 3.05) is 19.8 Å². The quantitative estimate of drug-likeness (QED) is 0.0756. The van der Waals surface area contributed by atoms with Gasteiger partial charge in [0.2, 0.25) is 5.79 Å². The van der Waals surface area contributed by atoms with Crippen LogP contribution in [-0.4, -0.2) is 135 Å². The monoisotopic (exact) mass is 915 g/mol. The van der Waals surface area contributed by atoms with Crippen molar-refractivity contribution in [3.05, 3.63) is 59.8 Å². The van der Waals surface area contributed by atoms with E-state index in [1.54, 1.807) is 25.2 Å². The maximum atomic E-state index is 13.0. The van der Waals surface area contributed by atoms with Crippen molar-refractivity contribution in [2.24, 2.45) is 17.8 Å². The Morgan fingerprint density at radius 3 is 2.54 bits per heavy atom. The molecule has 65 heavy (non-hydrogen) atoms. The molecule has 0 saturated carbocycles. The van der Waals surface area contributed by atoms with Crippen molar-refractivity contribution in [3.63, 3.8) is 0 Å². The number of hydrogen-bond acceptors (Lipinski definition) is 14. The number of rotatable bonds is 14. The lowest BCUT2D eigenvalue weighted by Gasteiger charge is -2.50. The van der Waals surface area contributed by atoms with Gasteiger partial charge >= 0.3 is 5.97 Å². The first kappa shape index (κ1) is 50.6. The molecule has 366 valence electrons. The molecule has 0 aromatic rings. The number of ether oxygens (including phenoxy) is 8. The number of carbonyl (C=O) groups excluding carboxylic acids is 1. The number of aliphatic hydroxyl groups excluding tert-OH is 4. The summed E-state index contributed by atoms with van der Waals surface area (Å²) in [4.78, 5) is 13.0. The second kappa shape index (κ2) is 21.1. The lowest BCUT2D eigenvalue weighted by Crippen LogP contribution is -2.60. The van der Waals surface area contributed by atoms with Crippen molar-refractivity contribution in [1.29, 1.82) is 0 Å². The summed E-state index contributed by atoms with van der Waals surface area (Å²) in [6.07, 6.45) is 14.4. The van der Waals surface area contributed by atoms with Crippen molar-refractivity contribution < 1.29 is 68.2 Å². The van der Waals surface area contributed by atoms with E-state index in [0.717, 1.165) is 56.3 Å². The largest absolute Gasteiger partial charge is 0.459 e. The second-order valence-electron chi connectivity index (χ2n) is 20.8. The molecule has 0 aromatic heterocycles. The molecule has 6 fully saturated rings. The third-order valence-electron chi connectivity index (χ3n) is 15.0. The Labute approximate surface area is 386 Å². The Balaban J connectivity index is 0.901. The van der Waals surface area contributed by atoms with Gasteiger partial charge in [-0.05, 0) is 108 Å². The van der Waals surface area contributed by atoms with Gasteiger partial charge in [0.25, 0.3) is 0 Å². The number of hydrogen-bond donors (Lipinski definition) is 5. The third-order valence-corrected chi connectivity index (χ3v) is 15.0. The highest BCUT2D eigenvalue weighted by atomic mass is 16.7. The van der Waals surface area contributed by atoms with E-state index in [9.17, 15) is 25.2 Å². The minimum absolute atomic E-state index is 0.00750. The van der Waals surface area contributed by atoms with Gasteiger partial charge < -0.3 is 63.4 Å². The average molecular weight is 915 g/mol. The minimum atomic E-state index is -1.84. The van der Waals surface area contributed by atoms with E-state index in [4.69, 9.17) is 43.0 Å². The number of allylic oxidation sites excluding steroid dienone is 2. The summed E-state index contributed by atoms with van der Waals surface area (Å²) in [7, 11) is 0. The fraction of sp³-hybridized carbons (Fsp3) is 0.784. The van der Waals surface area contributed by atoms with Crippen LogP contribution in [0.1, 0.15) is 131 Å². The molecule has 14 heteroatoms. The highest BCUT2D eigenvalue weighted by molar-refractivity contribution is 5.78. The average Bonchev–Trinajstić information content (AvgIpc) is 3.67. The molecule has 0 aliphatic carbocycles. The van der Waals surface area contributed by atoms with E-state index in [1.165, 1.54) is 6.92 Å². The van der Waals surface area contributed by atoms with E-state index in [0.29, 0.717) is 56.4 Å². The zero-order valence-corrected chi connectivity index (χ0v) is 39.6. The van der Waals surface area contributed by atoms with E-state index < -0.39 is 71.7 Å². The SMILES string of the molecule is C=C1[C@@H](O)[C@@H]2O[C@]3(CC[C@H](C=C[C@@H](C)[C@@H]4CC(C)=C[C@@]5(O[C@H](C[C@@](C)(O)C(=O)OC/C(C)=C/C=C/CO)CC[C@H]5O)O4)O3)CC[C@H]2O[C@@H]1[C@@H](O)C[C@H](C)[C@H]1O[C@@]2(CCCCO2)CC[C@H]1C. The zero-order valence-electron chi connectivity index (χ0n) is 39.6. The molecule has 0 radical (unpaired) electrons. The molecule has 0 aromatic carbocycles. The fourth-order valence-corrected chi connectivity index (χ4v) is 11.2. The van der Waals surface area contributed by atoms with Gasteiger partial charge in [-0.1, -0.05) is 63.3 Å². The van der Waals surface area contributed by atoms with Crippen LogP contribution in [-0.2, 0) is 42.7 Å². The molecule has 5 N–H and O–H groups in total. The van der Waals surface area contributed by atoms with Gasteiger partial charge in [0, 0.05) is 38.0 Å². The van der Waals surface area contributed by atoms with Gasteiger partial charge in [-0.2, -0.15) is 0 Å². The standard InChI is InChI=1S/C51H78O14/c1-31(12-8-10-24-52)30-58-47(56)48(7,57)29-38-15-16-42(54)51(62-38)28-32(2)26-41(63-51)33(3)13-14-37-18-22-50(61-37)23-19-40-46(65-50)43(55)36(6)45(60-40)39(53)27-35(5)44-34(4)17-21-49(64-44)20-9-11-25-59-49/h8,10,12-14,28,33-35,37-46,52-55,57H,6,9,11,15-27,29-30H2,1-5,7H3/b10-8+,14-13?,31-12+/t33-,34-,35+,37+,38+,39+,40-,41+,42-,43-,44+,45+,46-,48-,49+,50-,51-/m1/s1. The Bertz CT molecular complexity index is 1770. The number of carbonyl (C=O) groups is 1. The topological polar surface area (TPSA) is 192 Å². The van der Waals surface area contributed by atoms with E-state index >= 15 is 0 Å². The van der Waals surface area contributed by atoms with Crippen molar-refractivity contribution in [1.82, 2.24) is 0 Å². The van der Waals surface area contributed by atoms with Crippen molar-refractivity contribution >= 4 is 5.97 Å². The summed E-state index contributed by atoms with van der Waals surface area (Å²) in [5, 5.41) is 54.6. The molecule has 17 atom stereocenters. The van der Waals surface area contributed by atoms with Crippen molar-refractivity contribution in [2.45, 2.75) is 215 Å². The molecule has 7 aliphatic heterocycles. The maximum absolute atomic E-state index is 13.0. The first-order valence-corrected chi connectivity index (χ1v) is 24.5. The predicted octanol–water partition coefficient (Wildman–Crippen LogP) is 6.17. The number of aliphatic hydroxyl groups is 5. The number of esters is 1. The first-order valence-electron chi connectivity index (χ1n) is 24.5. The smallest absolute Gasteiger partial charge is 0.338 e. The Hall–Kier alpha value is -2.31. The Kier molecular flexibility index (Phi) is 16.4. The molecular formula is C51H78O14. The van der Waals surface area contributed by atoms with Gasteiger partial charge in [-0.3, -0.25) is 0 Å². The lowest BCUT2D eigenvalue weighted by molar-refractivity contribution is -0.321. The summed E-state index contributed by atoms with van der Waals surface area (Å²) in [6, 6.07) is 0. The summed E-state index contributed by atoms with van der Waals surface area (Å²) < 4.78 is 51.1. The molecule has 14 nitrogen and oxygen atoms in total. The predicted molar refractivity (Wildman–Crippen MR) is 241 cm³/mol. The maximum Gasteiger partial charge on any atom is 0.338 e. The van der Waals surface area contributed by atoms with Gasteiger partial charge in [0.05, 0.1) is 49.8 Å². The van der Waals surface area contributed by atoms with Gasteiger partial charge in [-0.25, -0.2) is 4.79 Å². The second-order valence-corrected chi connectivity index (χ2v) is 20.8. The Morgan fingerprint density at radius 2 is 1.78 bits per heavy atom. The van der Waals surface area contributed by atoms with Crippen LogP contribution in [0.5, 0.6) is 0 Å². The van der Waals surface area contributed by atoms with Crippen LogP contribution in [0.2, 0.25) is 0 Å². The molecule has 0 unspecified atom stereocenters. The van der Waals surface area contributed by atoms with Crippen LogP contribution in [0.3, 0.4) is 0 Å². The Morgan fingerprint density at radius 1 is 1.02 bits per heavy atom. The minimum Gasteiger partial charge on any atom is -0.459 e. The van der Waals surface area contributed by atoms with Gasteiger partial charge in [0.15, 0.2) is 17.2 Å². The van der Waals surface area contributed by atoms with Crippen LogP contribution in [0, 0.1) is 17.8 Å². The third kappa shape index (κ3) is 11.8. The summed E-state index contributed by atoms with van der Waals surface area (Å²) in [5.74, 6) is -3.31. The molecular weight excluding hydrogens is 837 g/mol. The highest BCUT2D eigenvalue weighted by Crippen LogP contribution is 2.47. The molecule has 0 amide bonds. The number of fused-ring (bicyclic) bond motifs is 1. The molecule has 6 saturated heterocycles. The summed E-state index contributed by atoms with van der Waals surface area (Å²) in [6.45, 7) is 16.4. The van der Waals surface area contributed by atoms with Crippen LogP contribution < -0.4 is 0 Å². The van der Waals surface area contributed by atoms with Crippen molar-refractivity contribution in [3.8, 4) is 0 Å². The van der Waals surface area contributed by atoms with Gasteiger partial charge in [-0.15, -0.1) is 0 Å². The molecule has 3 spiro atoms. The van der Waals surface area contributed by atoms with E-state index in [-0.39, 0.29) is 49.8 Å². The fourth-order valence-electron chi connectivity index (χ4n) is 11.2. The highest BCUT2D eigenvalue weighted by Gasteiger charge is 2.55. The first-order chi connectivity index (χ1) is 30.9. The molecule has 7 aliphatic rings. The zero-order chi connectivity index (χ0) is 46.7. The van der Waals surface area contributed by atoms with Gasteiger partial charge in [0.1, 0.15) is 31.0 Å². The molecule has 7 heterocycles. The molecule has 7 rings (SSSR count). The summed E-state index contributed by atoms with van der Waals surface area (Å²) >= 11 is 0. The molecule has 0 bridgehead atoms. The van der Waals surface area contributed by atoms with Crippen LogP contribution in [0.4, 0.5) is 0 Å². The normalized spacial score (nSPS) is 41.7. The van der Waals surface area contributed by atoms with Crippen LogP contribution >= 0.6 is 0 Å². The van der Waals surface area contributed by atoms with Crippen LogP contribution in [0.25, 0.3) is 0 Å².